The molecule has 0 aliphatic heterocycles. The molecule has 2 aromatic carbocycles. The van der Waals surface area contributed by atoms with Gasteiger partial charge in [0.05, 0.1) is 6.21 Å². The summed E-state index contributed by atoms with van der Waals surface area (Å²) in [5.41, 5.74) is 2.51. The number of phosphoric ester groups is 1. The minimum absolute atomic E-state index is 0.120. The number of hydrogen-bond donors (Lipinski definition) is 3. The minimum Gasteiger partial charge on any atom is -0.422 e. The summed E-state index contributed by atoms with van der Waals surface area (Å²) in [6, 6.07) is 12.6. The molecule has 0 saturated heterocycles. The van der Waals surface area contributed by atoms with E-state index >= 15 is 0 Å². The van der Waals surface area contributed by atoms with Gasteiger partial charge in [-0.2, -0.15) is 5.10 Å². The number of carbonyl (C=O) groups is 1. The van der Waals surface area contributed by atoms with Gasteiger partial charge >= 0.3 is 13.4 Å². The smallest absolute Gasteiger partial charge is 0.422 e. The van der Waals surface area contributed by atoms with Crippen molar-refractivity contribution in [1.82, 2.24) is 5.43 Å². The standard InChI is InChI=1S/C19H18N3O7P/c1-22(2)14-8-7-12-9-15(19(24)28-17(12)10-14)18(23)21-20-11-13-5-3-4-6-16(13)29-30(25,26)27/h3-11H,1-2H3,(H,21,23)(H2,25,26,27)/b20-11+. The number of nitrogens with one attached hydrogen (secondary N) is 1. The third-order valence-electron chi connectivity index (χ3n) is 3.99. The van der Waals surface area contributed by atoms with Crippen molar-refractivity contribution in [3.63, 3.8) is 0 Å². The fourth-order valence-electron chi connectivity index (χ4n) is 2.56. The van der Waals surface area contributed by atoms with Crippen LogP contribution in [0, 0.1) is 0 Å². The van der Waals surface area contributed by atoms with Crippen molar-refractivity contribution in [3.05, 3.63) is 70.1 Å². The number of anilines is 1. The molecule has 3 aromatic rings. The molecular weight excluding hydrogens is 413 g/mol. The number of nitrogens with zero attached hydrogens (tertiary/aromatic N) is 2. The van der Waals surface area contributed by atoms with Gasteiger partial charge in [0.1, 0.15) is 16.9 Å². The van der Waals surface area contributed by atoms with Gasteiger partial charge in [-0.05, 0) is 30.3 Å². The first-order valence-electron chi connectivity index (χ1n) is 8.57. The number of carbonyl (C=O) groups excluding carboxylic acids is 1. The number of para-hydroxylation sites is 1. The molecule has 0 bridgehead atoms. The number of phosphoric acid groups is 1. The van der Waals surface area contributed by atoms with E-state index in [1.807, 2.05) is 25.1 Å². The third kappa shape index (κ3) is 5.12. The van der Waals surface area contributed by atoms with Crippen LogP contribution in [0.25, 0.3) is 11.0 Å². The predicted molar refractivity (Wildman–Crippen MR) is 111 cm³/mol. The van der Waals surface area contributed by atoms with Crippen molar-refractivity contribution < 1.29 is 28.1 Å². The van der Waals surface area contributed by atoms with Crippen LogP contribution in [0.1, 0.15) is 15.9 Å². The molecule has 0 aliphatic rings. The monoisotopic (exact) mass is 431 g/mol. The Kier molecular flexibility index (Phi) is 6.02. The van der Waals surface area contributed by atoms with Crippen molar-refractivity contribution in [1.29, 1.82) is 0 Å². The van der Waals surface area contributed by atoms with Crippen molar-refractivity contribution >= 4 is 36.6 Å². The molecule has 0 atom stereocenters. The Morgan fingerprint density at radius 1 is 1.20 bits per heavy atom. The Bertz CT molecular complexity index is 1230. The van der Waals surface area contributed by atoms with Gasteiger partial charge in [-0.1, -0.05) is 12.1 Å². The Morgan fingerprint density at radius 2 is 1.93 bits per heavy atom. The number of hydrogen-bond acceptors (Lipinski definition) is 7. The first-order chi connectivity index (χ1) is 14.1. The predicted octanol–water partition coefficient (Wildman–Crippen LogP) is 2.09. The highest BCUT2D eigenvalue weighted by molar-refractivity contribution is 7.46. The molecule has 1 heterocycles. The minimum atomic E-state index is -4.76. The van der Waals surface area contributed by atoms with Gasteiger partial charge in [0.15, 0.2) is 0 Å². The van der Waals surface area contributed by atoms with Crippen molar-refractivity contribution in [2.45, 2.75) is 0 Å². The molecule has 10 nitrogen and oxygen atoms in total. The molecule has 30 heavy (non-hydrogen) atoms. The van der Waals surface area contributed by atoms with E-state index < -0.39 is 19.4 Å². The summed E-state index contributed by atoms with van der Waals surface area (Å²) in [5.74, 6) is -0.919. The lowest BCUT2D eigenvalue weighted by molar-refractivity contribution is 0.0951. The van der Waals surface area contributed by atoms with Crippen LogP contribution in [-0.2, 0) is 4.57 Å². The highest BCUT2D eigenvalue weighted by Gasteiger charge is 2.18. The molecule has 1 amide bonds. The number of hydrazone groups is 1. The molecule has 3 N–H and O–H groups in total. The van der Waals surface area contributed by atoms with E-state index in [1.165, 1.54) is 24.3 Å². The second-order valence-electron chi connectivity index (χ2n) is 6.38. The summed E-state index contributed by atoms with van der Waals surface area (Å²) >= 11 is 0. The van der Waals surface area contributed by atoms with Gasteiger partial charge in [-0.15, -0.1) is 0 Å². The van der Waals surface area contributed by atoms with Crippen LogP contribution in [0.4, 0.5) is 5.69 Å². The zero-order chi connectivity index (χ0) is 21.9. The fourth-order valence-corrected chi connectivity index (χ4v) is 2.98. The van der Waals surface area contributed by atoms with Crippen LogP contribution in [0.5, 0.6) is 5.75 Å². The maximum Gasteiger partial charge on any atom is 0.524 e. The third-order valence-corrected chi connectivity index (χ3v) is 4.42. The highest BCUT2D eigenvalue weighted by atomic mass is 31.2. The average molecular weight is 431 g/mol. The average Bonchev–Trinajstić information content (AvgIpc) is 2.67. The summed E-state index contributed by atoms with van der Waals surface area (Å²) in [5, 5.41) is 4.29. The normalized spacial score (nSPS) is 11.6. The van der Waals surface area contributed by atoms with Crippen LogP contribution in [0.2, 0.25) is 0 Å². The molecule has 0 saturated carbocycles. The summed E-state index contributed by atoms with van der Waals surface area (Å²) in [4.78, 5) is 44.3. The SMILES string of the molecule is CN(C)c1ccc2cc(C(=O)N/N=C/c3ccccc3OP(=O)(O)O)c(=O)oc2c1. The lowest BCUT2D eigenvalue weighted by Crippen LogP contribution is -2.24. The van der Waals surface area contributed by atoms with Crippen molar-refractivity contribution in [2.75, 3.05) is 19.0 Å². The highest BCUT2D eigenvalue weighted by Crippen LogP contribution is 2.38. The van der Waals surface area contributed by atoms with E-state index in [4.69, 9.17) is 14.2 Å². The van der Waals surface area contributed by atoms with E-state index in [2.05, 4.69) is 15.1 Å². The molecule has 1 aromatic heterocycles. The first-order valence-corrected chi connectivity index (χ1v) is 10.1. The van der Waals surface area contributed by atoms with Crippen molar-refractivity contribution in [2.24, 2.45) is 5.10 Å². The molecule has 0 radical (unpaired) electrons. The van der Waals surface area contributed by atoms with E-state index in [-0.39, 0.29) is 16.9 Å². The van der Waals surface area contributed by atoms with Gasteiger partial charge in [0.25, 0.3) is 5.91 Å². The van der Waals surface area contributed by atoms with Gasteiger partial charge in [0, 0.05) is 36.8 Å². The Labute approximate surface area is 170 Å². The summed E-state index contributed by atoms with van der Waals surface area (Å²) < 4.78 is 20.8. The zero-order valence-electron chi connectivity index (χ0n) is 16.0. The van der Waals surface area contributed by atoms with Gasteiger partial charge in [0.2, 0.25) is 0 Å². The summed E-state index contributed by atoms with van der Waals surface area (Å²) in [6.07, 6.45) is 1.13. The number of benzene rings is 2. The number of rotatable bonds is 6. The molecule has 0 aliphatic carbocycles. The quantitative estimate of drug-likeness (QED) is 0.233. The molecular formula is C19H18N3O7P. The first kappa shape index (κ1) is 21.3. The molecule has 0 unspecified atom stereocenters. The molecule has 0 fully saturated rings. The van der Waals surface area contributed by atoms with Gasteiger partial charge < -0.3 is 13.8 Å². The zero-order valence-corrected chi connectivity index (χ0v) is 16.9. The van der Waals surface area contributed by atoms with Crippen LogP contribution in [-0.4, -0.2) is 36.0 Å². The Hall–Kier alpha value is -3.46. The van der Waals surface area contributed by atoms with Gasteiger partial charge in [-0.25, -0.2) is 14.8 Å². The van der Waals surface area contributed by atoms with Crippen LogP contribution < -0.4 is 20.5 Å². The number of fused-ring (bicyclic) bond motifs is 1. The lowest BCUT2D eigenvalue weighted by Gasteiger charge is -2.12. The van der Waals surface area contributed by atoms with Crippen LogP contribution in [0.3, 0.4) is 0 Å². The Morgan fingerprint density at radius 3 is 2.63 bits per heavy atom. The molecule has 11 heteroatoms. The van der Waals surface area contributed by atoms with Gasteiger partial charge in [-0.3, -0.25) is 14.6 Å². The van der Waals surface area contributed by atoms with E-state index in [9.17, 15) is 14.2 Å². The topological polar surface area (TPSA) is 142 Å². The molecule has 0 spiro atoms. The summed E-state index contributed by atoms with van der Waals surface area (Å²) in [7, 11) is -1.06. The maximum atomic E-state index is 12.3. The second kappa shape index (κ2) is 8.50. The lowest BCUT2D eigenvalue weighted by atomic mass is 10.1. The fraction of sp³-hybridized carbons (Fsp3) is 0.105. The maximum absolute atomic E-state index is 12.3. The van der Waals surface area contributed by atoms with Crippen molar-refractivity contribution in [3.8, 4) is 5.75 Å². The van der Waals surface area contributed by atoms with Crippen LogP contribution >= 0.6 is 7.82 Å². The number of amides is 1. The Balaban J connectivity index is 1.81. The second-order valence-corrected chi connectivity index (χ2v) is 7.55. The largest absolute Gasteiger partial charge is 0.524 e. The summed E-state index contributed by atoms with van der Waals surface area (Å²) in [6.45, 7) is 0. The molecule has 3 rings (SSSR count). The van der Waals surface area contributed by atoms with E-state index in [0.717, 1.165) is 11.9 Å². The van der Waals surface area contributed by atoms with E-state index in [1.54, 1.807) is 18.2 Å². The molecule has 156 valence electrons. The van der Waals surface area contributed by atoms with E-state index in [0.29, 0.717) is 11.0 Å². The van der Waals surface area contributed by atoms with Crippen LogP contribution in [0.15, 0.2) is 62.8 Å².